The number of nitrogens with zero attached hydrogens (tertiary/aromatic N) is 3. The molecule has 1 saturated carbocycles. The largest absolute Gasteiger partial charge is 0.444 e. The summed E-state index contributed by atoms with van der Waals surface area (Å²) in [6.45, 7) is 8.99. The minimum Gasteiger partial charge on any atom is -0.444 e. The molecular weight excluding hydrogens is 366 g/mol. The molecule has 2 aliphatic rings. The molecule has 1 aromatic rings. The standard InChI is InChI=1S/C22H33N5O2/c1-15-18(19(10-11-23)24-12-16-6-5-7-16)8-9-20-26-17(14-27(15)20)13-25-21(28)29-22(2,3)4/h8-9,14-16,18-19,24H,5-7,10,12-13H2,1-4H3,(H,25,28). The molecule has 0 radical (unpaired) electrons. The third kappa shape index (κ3) is 5.60. The summed E-state index contributed by atoms with van der Waals surface area (Å²) in [5.41, 5.74) is 0.270. The number of nitriles is 1. The van der Waals surface area contributed by atoms with E-state index in [2.05, 4.69) is 39.3 Å². The van der Waals surface area contributed by atoms with E-state index < -0.39 is 11.7 Å². The van der Waals surface area contributed by atoms with E-state index in [1.807, 2.05) is 33.0 Å². The highest BCUT2D eigenvalue weighted by molar-refractivity contribution is 5.67. The summed E-state index contributed by atoms with van der Waals surface area (Å²) in [4.78, 5) is 16.5. The Hall–Kier alpha value is -2.33. The maximum absolute atomic E-state index is 11.9. The van der Waals surface area contributed by atoms with Crippen LogP contribution in [-0.4, -0.2) is 33.8 Å². The summed E-state index contributed by atoms with van der Waals surface area (Å²) in [5, 5.41) is 15.7. The molecule has 3 rings (SSSR count). The van der Waals surface area contributed by atoms with E-state index in [-0.39, 0.29) is 18.0 Å². The molecule has 158 valence electrons. The van der Waals surface area contributed by atoms with Crippen molar-refractivity contribution in [1.29, 1.82) is 5.26 Å². The number of carbonyl (C=O) groups excluding carboxylic acids is 1. The van der Waals surface area contributed by atoms with Gasteiger partial charge in [-0.25, -0.2) is 9.78 Å². The summed E-state index contributed by atoms with van der Waals surface area (Å²) in [6.07, 6.45) is 10.1. The first-order valence-corrected chi connectivity index (χ1v) is 10.6. The highest BCUT2D eigenvalue weighted by atomic mass is 16.6. The molecule has 2 N–H and O–H groups in total. The van der Waals surface area contributed by atoms with Gasteiger partial charge in [0.2, 0.25) is 0 Å². The Bertz CT molecular complexity index is 782. The fourth-order valence-corrected chi connectivity index (χ4v) is 3.94. The molecular formula is C22H33N5O2. The van der Waals surface area contributed by atoms with Crippen molar-refractivity contribution in [2.24, 2.45) is 11.8 Å². The summed E-state index contributed by atoms with van der Waals surface area (Å²) in [7, 11) is 0. The number of nitrogens with one attached hydrogen (secondary N) is 2. The zero-order valence-electron chi connectivity index (χ0n) is 17.9. The SMILES string of the molecule is CC1C(C(CC#N)NCC2CCC2)C=Cc2nc(CNC(=O)OC(C)(C)C)cn21. The quantitative estimate of drug-likeness (QED) is 0.728. The van der Waals surface area contributed by atoms with Gasteiger partial charge in [0.05, 0.1) is 24.7 Å². The van der Waals surface area contributed by atoms with Gasteiger partial charge in [-0.2, -0.15) is 5.26 Å². The van der Waals surface area contributed by atoms with Crippen LogP contribution in [0, 0.1) is 23.2 Å². The van der Waals surface area contributed by atoms with Crippen LogP contribution in [0.2, 0.25) is 0 Å². The average molecular weight is 400 g/mol. The fourth-order valence-electron chi connectivity index (χ4n) is 3.94. The Kier molecular flexibility index (Phi) is 6.63. The van der Waals surface area contributed by atoms with Crippen LogP contribution in [0.4, 0.5) is 4.79 Å². The minimum atomic E-state index is -0.524. The summed E-state index contributed by atoms with van der Waals surface area (Å²) < 4.78 is 7.43. The molecule has 0 saturated heterocycles. The van der Waals surface area contributed by atoms with Crippen molar-refractivity contribution in [3.8, 4) is 6.07 Å². The molecule has 1 fully saturated rings. The second-order valence-corrected chi connectivity index (χ2v) is 9.20. The van der Waals surface area contributed by atoms with Gasteiger partial charge in [-0.05, 0) is 59.1 Å². The molecule has 29 heavy (non-hydrogen) atoms. The normalized spacial score (nSPS) is 22.3. The van der Waals surface area contributed by atoms with E-state index >= 15 is 0 Å². The molecule has 7 nitrogen and oxygen atoms in total. The maximum atomic E-state index is 11.9. The second kappa shape index (κ2) is 9.00. The smallest absolute Gasteiger partial charge is 0.407 e. The van der Waals surface area contributed by atoms with Crippen LogP contribution in [0.5, 0.6) is 0 Å². The molecule has 3 unspecified atom stereocenters. The first-order valence-electron chi connectivity index (χ1n) is 10.6. The molecule has 1 aliphatic heterocycles. The van der Waals surface area contributed by atoms with Gasteiger partial charge in [-0.3, -0.25) is 0 Å². The highest BCUT2D eigenvalue weighted by Crippen LogP contribution is 2.32. The zero-order chi connectivity index (χ0) is 21.0. The number of carbonyl (C=O) groups is 1. The molecule has 7 heteroatoms. The Morgan fingerprint density at radius 3 is 2.83 bits per heavy atom. The van der Waals surface area contributed by atoms with E-state index in [1.54, 1.807) is 0 Å². The van der Waals surface area contributed by atoms with Crippen LogP contribution in [0.25, 0.3) is 6.08 Å². The van der Waals surface area contributed by atoms with Crippen LogP contribution in [0.3, 0.4) is 0 Å². The summed E-state index contributed by atoms with van der Waals surface area (Å²) in [5.74, 6) is 1.86. The molecule has 3 atom stereocenters. The molecule has 1 amide bonds. The van der Waals surface area contributed by atoms with Gasteiger partial charge in [0, 0.05) is 24.2 Å². The lowest BCUT2D eigenvalue weighted by Crippen LogP contribution is -2.42. The average Bonchev–Trinajstić information content (AvgIpc) is 3.01. The third-order valence-corrected chi connectivity index (χ3v) is 5.76. The topological polar surface area (TPSA) is 92.0 Å². The van der Waals surface area contributed by atoms with Crippen LogP contribution in [0.15, 0.2) is 12.3 Å². The summed E-state index contributed by atoms with van der Waals surface area (Å²) >= 11 is 0. The van der Waals surface area contributed by atoms with Crippen LogP contribution < -0.4 is 10.6 Å². The number of alkyl carbamates (subject to hydrolysis) is 1. The van der Waals surface area contributed by atoms with E-state index in [9.17, 15) is 10.1 Å². The van der Waals surface area contributed by atoms with Crippen molar-refractivity contribution in [3.63, 3.8) is 0 Å². The Labute approximate surface area is 173 Å². The number of hydrogen-bond acceptors (Lipinski definition) is 5. The number of rotatable bonds is 7. The zero-order valence-corrected chi connectivity index (χ0v) is 17.9. The van der Waals surface area contributed by atoms with Gasteiger partial charge in [0.25, 0.3) is 0 Å². The molecule has 0 aromatic carbocycles. The highest BCUT2D eigenvalue weighted by Gasteiger charge is 2.31. The maximum Gasteiger partial charge on any atom is 0.407 e. The molecule has 1 aromatic heterocycles. The van der Waals surface area contributed by atoms with Crippen molar-refractivity contribution in [2.75, 3.05) is 6.54 Å². The van der Waals surface area contributed by atoms with Gasteiger partial charge in [0.1, 0.15) is 11.4 Å². The van der Waals surface area contributed by atoms with Gasteiger partial charge in [-0.1, -0.05) is 12.5 Å². The van der Waals surface area contributed by atoms with E-state index in [4.69, 9.17) is 4.74 Å². The Morgan fingerprint density at radius 2 is 2.21 bits per heavy atom. The minimum absolute atomic E-state index is 0.130. The van der Waals surface area contributed by atoms with E-state index in [0.717, 1.165) is 24.0 Å². The lowest BCUT2D eigenvalue weighted by molar-refractivity contribution is 0.0523. The first-order chi connectivity index (χ1) is 13.8. The van der Waals surface area contributed by atoms with E-state index in [1.165, 1.54) is 19.3 Å². The van der Waals surface area contributed by atoms with Gasteiger partial charge >= 0.3 is 6.09 Å². The fraction of sp³-hybridized carbons (Fsp3) is 0.682. The first kappa shape index (κ1) is 21.4. The van der Waals surface area contributed by atoms with Crippen LogP contribution in [-0.2, 0) is 11.3 Å². The van der Waals surface area contributed by atoms with Gasteiger partial charge in [0.15, 0.2) is 0 Å². The van der Waals surface area contributed by atoms with Crippen LogP contribution >= 0.6 is 0 Å². The van der Waals surface area contributed by atoms with Crippen LogP contribution in [0.1, 0.15) is 70.9 Å². The number of aromatic nitrogens is 2. The van der Waals surface area contributed by atoms with Crippen molar-refractivity contribution in [3.05, 3.63) is 23.8 Å². The predicted octanol–water partition coefficient (Wildman–Crippen LogP) is 3.78. The molecule has 0 spiro atoms. The number of amides is 1. The van der Waals surface area contributed by atoms with Crippen molar-refractivity contribution < 1.29 is 9.53 Å². The predicted molar refractivity (Wildman–Crippen MR) is 112 cm³/mol. The third-order valence-electron chi connectivity index (χ3n) is 5.76. The second-order valence-electron chi connectivity index (χ2n) is 9.20. The van der Waals surface area contributed by atoms with Crippen molar-refractivity contribution in [1.82, 2.24) is 20.2 Å². The molecule has 2 heterocycles. The van der Waals surface area contributed by atoms with E-state index in [0.29, 0.717) is 13.0 Å². The van der Waals surface area contributed by atoms with Crippen molar-refractivity contribution >= 4 is 12.2 Å². The molecule has 1 aliphatic carbocycles. The van der Waals surface area contributed by atoms with Gasteiger partial charge < -0.3 is 19.9 Å². The number of imidazole rings is 1. The summed E-state index contributed by atoms with van der Waals surface area (Å²) in [6, 6.07) is 2.66. The lowest BCUT2D eigenvalue weighted by Gasteiger charge is -2.35. The Balaban J connectivity index is 1.61. The van der Waals surface area contributed by atoms with Crippen molar-refractivity contribution in [2.45, 2.75) is 77.6 Å². The lowest BCUT2D eigenvalue weighted by atomic mass is 9.84. The van der Waals surface area contributed by atoms with Gasteiger partial charge in [-0.15, -0.1) is 0 Å². The molecule has 0 bridgehead atoms. The number of ether oxygens (including phenoxy) is 1. The number of hydrogen-bond donors (Lipinski definition) is 2. The Morgan fingerprint density at radius 1 is 1.45 bits per heavy atom. The number of fused-ring (bicyclic) bond motifs is 1. The monoisotopic (exact) mass is 399 g/mol.